The van der Waals surface area contributed by atoms with Crippen molar-refractivity contribution >= 4 is 5.65 Å². The Labute approximate surface area is 73.1 Å². The van der Waals surface area contributed by atoms with Crippen molar-refractivity contribution in [3.8, 4) is 0 Å². The minimum atomic E-state index is -0.258. The molecule has 0 amide bonds. The average Bonchev–Trinajstić information content (AvgIpc) is 2.46. The molecule has 0 bridgehead atoms. The Balaban J connectivity index is 2.67. The molecule has 0 fully saturated rings. The Morgan fingerprint density at radius 1 is 1.54 bits per heavy atom. The predicted octanol–water partition coefficient (Wildman–Crippen LogP) is -1.12. The molecule has 2 aromatic rings. The summed E-state index contributed by atoms with van der Waals surface area (Å²) in [5.74, 6) is 0. The van der Waals surface area contributed by atoms with Gasteiger partial charge in [-0.25, -0.2) is 13.9 Å². The molecule has 1 N–H and O–H groups in total. The summed E-state index contributed by atoms with van der Waals surface area (Å²) < 4.78 is 2.58. The van der Waals surface area contributed by atoms with Crippen LogP contribution in [0, 0.1) is 0 Å². The van der Waals surface area contributed by atoms with Gasteiger partial charge in [-0.2, -0.15) is 0 Å². The minimum absolute atomic E-state index is 0.1000. The van der Waals surface area contributed by atoms with Crippen LogP contribution in [0.4, 0.5) is 0 Å². The number of hydrogen-bond acceptors (Lipinski definition) is 4. The van der Waals surface area contributed by atoms with Crippen molar-refractivity contribution in [1.29, 1.82) is 0 Å². The number of aliphatic hydroxyl groups excluding tert-OH is 1. The van der Waals surface area contributed by atoms with Crippen molar-refractivity contribution in [2.45, 2.75) is 6.54 Å². The van der Waals surface area contributed by atoms with E-state index in [1.807, 2.05) is 0 Å². The van der Waals surface area contributed by atoms with Crippen LogP contribution in [0.1, 0.15) is 0 Å². The first-order valence-corrected chi connectivity index (χ1v) is 3.83. The van der Waals surface area contributed by atoms with E-state index in [0.29, 0.717) is 5.65 Å². The van der Waals surface area contributed by atoms with Crippen LogP contribution in [0.15, 0.2) is 23.4 Å². The molecule has 0 saturated heterocycles. The molecule has 0 aliphatic rings. The fourth-order valence-corrected chi connectivity index (χ4v) is 1.12. The highest BCUT2D eigenvalue weighted by molar-refractivity contribution is 5.31. The van der Waals surface area contributed by atoms with E-state index in [2.05, 4.69) is 10.1 Å². The lowest BCUT2D eigenvalue weighted by molar-refractivity contribution is 0.267. The summed E-state index contributed by atoms with van der Waals surface area (Å²) in [6.07, 6.45) is 4.55. The maximum absolute atomic E-state index is 11.4. The second-order valence-electron chi connectivity index (χ2n) is 2.53. The smallest absolute Gasteiger partial charge is 0.350 e. The normalized spacial score (nSPS) is 10.8. The molecule has 0 aliphatic heterocycles. The summed E-state index contributed by atoms with van der Waals surface area (Å²) in [6.45, 7) is 0.109. The van der Waals surface area contributed by atoms with Gasteiger partial charge in [0.1, 0.15) is 0 Å². The van der Waals surface area contributed by atoms with Gasteiger partial charge in [0.25, 0.3) is 0 Å². The Morgan fingerprint density at radius 3 is 3.08 bits per heavy atom. The number of rotatable bonds is 2. The summed E-state index contributed by atoms with van der Waals surface area (Å²) in [7, 11) is 0. The van der Waals surface area contributed by atoms with Gasteiger partial charge in [0.05, 0.1) is 19.3 Å². The maximum Gasteiger partial charge on any atom is 0.350 e. The van der Waals surface area contributed by atoms with E-state index < -0.39 is 0 Å². The van der Waals surface area contributed by atoms with Crippen LogP contribution in [0.2, 0.25) is 0 Å². The first-order valence-electron chi connectivity index (χ1n) is 3.83. The van der Waals surface area contributed by atoms with Crippen molar-refractivity contribution in [2.24, 2.45) is 0 Å². The number of nitrogens with zero attached hydrogens (tertiary/aromatic N) is 4. The second-order valence-corrected chi connectivity index (χ2v) is 2.53. The molecule has 0 aliphatic carbocycles. The largest absolute Gasteiger partial charge is 0.394 e. The third kappa shape index (κ3) is 1.20. The third-order valence-corrected chi connectivity index (χ3v) is 1.70. The third-order valence-electron chi connectivity index (χ3n) is 1.70. The number of fused-ring (bicyclic) bond motifs is 1. The minimum Gasteiger partial charge on any atom is -0.394 e. The summed E-state index contributed by atoms with van der Waals surface area (Å²) >= 11 is 0. The van der Waals surface area contributed by atoms with Crippen molar-refractivity contribution in [1.82, 2.24) is 19.2 Å². The highest BCUT2D eigenvalue weighted by atomic mass is 16.3. The van der Waals surface area contributed by atoms with Crippen molar-refractivity contribution < 1.29 is 5.11 Å². The molecule has 6 nitrogen and oxygen atoms in total. The van der Waals surface area contributed by atoms with E-state index in [1.54, 1.807) is 6.20 Å². The second kappa shape index (κ2) is 2.98. The molecular weight excluding hydrogens is 172 g/mol. The van der Waals surface area contributed by atoms with Crippen LogP contribution >= 0.6 is 0 Å². The predicted molar refractivity (Wildman–Crippen MR) is 44.3 cm³/mol. The van der Waals surface area contributed by atoms with E-state index in [4.69, 9.17) is 5.11 Å². The summed E-state index contributed by atoms with van der Waals surface area (Å²) in [5.41, 5.74) is 0.229. The van der Waals surface area contributed by atoms with E-state index in [-0.39, 0.29) is 18.8 Å². The lowest BCUT2D eigenvalue weighted by Crippen LogP contribution is -2.22. The van der Waals surface area contributed by atoms with Crippen molar-refractivity contribution in [3.63, 3.8) is 0 Å². The van der Waals surface area contributed by atoms with Crippen molar-refractivity contribution in [3.05, 3.63) is 29.1 Å². The molecule has 68 valence electrons. The van der Waals surface area contributed by atoms with E-state index in [1.165, 1.54) is 21.5 Å². The molecule has 6 heteroatoms. The molecule has 2 aromatic heterocycles. The van der Waals surface area contributed by atoms with Gasteiger partial charge in [0, 0.05) is 12.4 Å². The van der Waals surface area contributed by atoms with Crippen LogP contribution in [-0.2, 0) is 6.54 Å². The van der Waals surface area contributed by atoms with Crippen LogP contribution in [-0.4, -0.2) is 30.9 Å². The van der Waals surface area contributed by atoms with Gasteiger partial charge < -0.3 is 5.11 Å². The van der Waals surface area contributed by atoms with E-state index >= 15 is 0 Å². The molecule has 0 aromatic carbocycles. The van der Waals surface area contributed by atoms with E-state index in [0.717, 1.165) is 0 Å². The Bertz CT molecular complexity index is 473. The van der Waals surface area contributed by atoms with Gasteiger partial charge in [-0.05, 0) is 0 Å². The highest BCUT2D eigenvalue weighted by Crippen LogP contribution is 1.91. The quantitative estimate of drug-likeness (QED) is 0.635. The first-order chi connectivity index (χ1) is 6.33. The average molecular weight is 180 g/mol. The molecule has 0 radical (unpaired) electrons. The Morgan fingerprint density at radius 2 is 2.38 bits per heavy atom. The zero-order valence-electron chi connectivity index (χ0n) is 6.79. The van der Waals surface area contributed by atoms with Gasteiger partial charge in [0.2, 0.25) is 0 Å². The van der Waals surface area contributed by atoms with Gasteiger partial charge in [-0.3, -0.25) is 4.98 Å². The maximum atomic E-state index is 11.4. The number of aliphatic hydroxyl groups is 1. The van der Waals surface area contributed by atoms with E-state index in [9.17, 15) is 4.79 Å². The lowest BCUT2D eigenvalue weighted by Gasteiger charge is -1.90. The number of aromatic nitrogens is 4. The summed E-state index contributed by atoms with van der Waals surface area (Å²) in [4.78, 5) is 15.3. The summed E-state index contributed by atoms with van der Waals surface area (Å²) in [6, 6.07) is 0. The molecule has 2 heterocycles. The van der Waals surface area contributed by atoms with Gasteiger partial charge in [0.15, 0.2) is 5.65 Å². The molecule has 2 rings (SSSR count). The van der Waals surface area contributed by atoms with Crippen LogP contribution in [0.3, 0.4) is 0 Å². The van der Waals surface area contributed by atoms with Crippen LogP contribution in [0.25, 0.3) is 5.65 Å². The standard InChI is InChI=1S/C7H8N4O2/c12-4-3-11-7(13)10-2-1-8-5-6(10)9-11/h1-2,5,12H,3-4H2. The van der Waals surface area contributed by atoms with Gasteiger partial charge >= 0.3 is 5.69 Å². The number of hydrogen-bond donors (Lipinski definition) is 1. The molecule has 0 spiro atoms. The Hall–Kier alpha value is -1.69. The SMILES string of the molecule is O=c1n(CCO)nc2cnccn12. The monoisotopic (exact) mass is 180 g/mol. The van der Waals surface area contributed by atoms with Crippen LogP contribution < -0.4 is 5.69 Å². The van der Waals surface area contributed by atoms with Gasteiger partial charge in [-0.1, -0.05) is 0 Å². The molecule has 13 heavy (non-hydrogen) atoms. The molecule has 0 atom stereocenters. The lowest BCUT2D eigenvalue weighted by atomic mass is 10.7. The van der Waals surface area contributed by atoms with Gasteiger partial charge in [-0.15, -0.1) is 5.10 Å². The zero-order chi connectivity index (χ0) is 9.26. The zero-order valence-corrected chi connectivity index (χ0v) is 6.79. The van der Waals surface area contributed by atoms with Crippen molar-refractivity contribution in [2.75, 3.05) is 6.61 Å². The molecular formula is C7H8N4O2. The molecule has 0 saturated carbocycles. The fourth-order valence-electron chi connectivity index (χ4n) is 1.12. The Kier molecular flexibility index (Phi) is 1.82. The fraction of sp³-hybridized carbons (Fsp3) is 0.286. The van der Waals surface area contributed by atoms with Crippen LogP contribution in [0.5, 0.6) is 0 Å². The summed E-state index contributed by atoms with van der Waals surface area (Å²) in [5, 5.41) is 12.6. The first kappa shape index (κ1) is 7.93. The topological polar surface area (TPSA) is 72.4 Å². The molecule has 0 unspecified atom stereocenters. The highest BCUT2D eigenvalue weighted by Gasteiger charge is 2.04.